The first-order valence-corrected chi connectivity index (χ1v) is 8.00. The number of H-pyrrole nitrogens is 1. The summed E-state index contributed by atoms with van der Waals surface area (Å²) in [6.45, 7) is 3.40. The van der Waals surface area contributed by atoms with Crippen LogP contribution in [0.2, 0.25) is 0 Å². The molecule has 24 heavy (non-hydrogen) atoms. The fourth-order valence-corrected chi connectivity index (χ4v) is 2.80. The number of nitrogens with zero attached hydrogens (tertiary/aromatic N) is 1. The Morgan fingerprint density at radius 1 is 1.42 bits per heavy atom. The Labute approximate surface area is 146 Å². The molecule has 0 atom stereocenters. The molecule has 0 radical (unpaired) electrons. The normalized spacial score (nSPS) is 10.3. The maximum atomic E-state index is 13.7. The highest BCUT2D eigenvalue weighted by atomic mass is 79.9. The highest BCUT2D eigenvalue weighted by Crippen LogP contribution is 2.20. The second-order valence-corrected chi connectivity index (χ2v) is 6.26. The maximum Gasteiger partial charge on any atom is 0.266 e. The highest BCUT2D eigenvalue weighted by molar-refractivity contribution is 9.10. The third-order valence-corrected chi connectivity index (χ3v) is 4.22. The summed E-state index contributed by atoms with van der Waals surface area (Å²) in [4.78, 5) is 26.3. The van der Waals surface area contributed by atoms with Crippen LogP contribution in [0.4, 0.5) is 10.1 Å². The summed E-state index contributed by atoms with van der Waals surface area (Å²) in [6.07, 6.45) is 0.446. The van der Waals surface area contributed by atoms with Crippen molar-refractivity contribution in [2.45, 2.75) is 26.7 Å². The number of amides is 1. The minimum atomic E-state index is -0.527. The lowest BCUT2D eigenvalue weighted by Gasteiger charge is -2.11. The summed E-state index contributed by atoms with van der Waals surface area (Å²) in [5, 5.41) is 11.6. The van der Waals surface area contributed by atoms with Gasteiger partial charge in [0.15, 0.2) is 0 Å². The number of rotatable bonds is 4. The molecule has 1 aromatic carbocycles. The Morgan fingerprint density at radius 3 is 2.75 bits per heavy atom. The van der Waals surface area contributed by atoms with Crippen LogP contribution in [-0.4, -0.2) is 10.9 Å². The number of nitriles is 1. The number of aromatic nitrogens is 1. The number of nitrogens with one attached hydrogen (secondary N) is 2. The zero-order valence-corrected chi connectivity index (χ0v) is 14.8. The fraction of sp³-hybridized carbons (Fsp3) is 0.235. The van der Waals surface area contributed by atoms with Crippen LogP contribution in [-0.2, 0) is 11.2 Å². The fourth-order valence-electron chi connectivity index (χ4n) is 2.46. The second-order valence-electron chi connectivity index (χ2n) is 5.34. The molecule has 0 fully saturated rings. The number of hydrogen-bond donors (Lipinski definition) is 2. The number of halogens is 2. The first kappa shape index (κ1) is 17.9. The van der Waals surface area contributed by atoms with Gasteiger partial charge in [-0.25, -0.2) is 4.39 Å². The number of aryl methyl sites for hydroxylation is 1. The molecule has 0 unspecified atom stereocenters. The number of hydrogen-bond acceptors (Lipinski definition) is 3. The van der Waals surface area contributed by atoms with Gasteiger partial charge in [0.05, 0.1) is 5.69 Å². The molecule has 2 rings (SSSR count). The van der Waals surface area contributed by atoms with E-state index in [4.69, 9.17) is 5.26 Å². The largest absolute Gasteiger partial charge is 0.325 e. The zero-order valence-electron chi connectivity index (χ0n) is 13.2. The molecule has 1 aromatic heterocycles. The molecular formula is C17H15BrFN3O2. The van der Waals surface area contributed by atoms with Crippen molar-refractivity contribution in [2.75, 3.05) is 5.32 Å². The lowest BCUT2D eigenvalue weighted by atomic mass is 9.99. The van der Waals surface area contributed by atoms with E-state index in [2.05, 4.69) is 26.2 Å². The number of pyridine rings is 1. The molecule has 2 aromatic rings. The van der Waals surface area contributed by atoms with Crippen molar-refractivity contribution in [3.63, 3.8) is 0 Å². The minimum absolute atomic E-state index is 0.0509. The molecule has 1 heterocycles. The van der Waals surface area contributed by atoms with Crippen LogP contribution in [0, 0.1) is 31.0 Å². The first-order chi connectivity index (χ1) is 11.3. The van der Waals surface area contributed by atoms with Gasteiger partial charge in [-0.05, 0) is 49.6 Å². The predicted octanol–water partition coefficient (Wildman–Crippen LogP) is 3.34. The summed E-state index contributed by atoms with van der Waals surface area (Å²) in [7, 11) is 0. The highest BCUT2D eigenvalue weighted by Gasteiger charge is 2.14. The van der Waals surface area contributed by atoms with E-state index in [-0.39, 0.29) is 23.6 Å². The van der Waals surface area contributed by atoms with Crippen LogP contribution in [0.3, 0.4) is 0 Å². The van der Waals surface area contributed by atoms with E-state index in [0.717, 1.165) is 5.56 Å². The number of aromatic amines is 1. The second kappa shape index (κ2) is 7.41. The molecule has 0 aliphatic heterocycles. The SMILES string of the molecule is Cc1[nH]c(=O)c(C#N)c(C)c1CCC(=O)Nc1ccc(Br)cc1F. The molecule has 7 heteroatoms. The monoisotopic (exact) mass is 391 g/mol. The van der Waals surface area contributed by atoms with E-state index in [9.17, 15) is 14.0 Å². The molecule has 2 N–H and O–H groups in total. The summed E-state index contributed by atoms with van der Waals surface area (Å²) in [5.41, 5.74) is 1.67. The molecule has 0 saturated heterocycles. The van der Waals surface area contributed by atoms with Crippen LogP contribution in [0.5, 0.6) is 0 Å². The van der Waals surface area contributed by atoms with E-state index < -0.39 is 11.4 Å². The van der Waals surface area contributed by atoms with Crippen molar-refractivity contribution in [1.82, 2.24) is 4.98 Å². The van der Waals surface area contributed by atoms with Crippen molar-refractivity contribution < 1.29 is 9.18 Å². The molecule has 0 saturated carbocycles. The van der Waals surface area contributed by atoms with Gasteiger partial charge in [-0.15, -0.1) is 0 Å². The van der Waals surface area contributed by atoms with Gasteiger partial charge in [0, 0.05) is 16.6 Å². The number of carbonyl (C=O) groups excluding carboxylic acids is 1. The molecule has 124 valence electrons. The minimum Gasteiger partial charge on any atom is -0.325 e. The molecule has 0 spiro atoms. The Balaban J connectivity index is 2.12. The van der Waals surface area contributed by atoms with E-state index in [1.807, 2.05) is 6.07 Å². The summed E-state index contributed by atoms with van der Waals surface area (Å²) in [5.74, 6) is -0.874. The van der Waals surface area contributed by atoms with Gasteiger partial charge < -0.3 is 10.3 Å². The standard InChI is InChI=1S/C17H15BrFN3O2/c1-9-12(10(2)21-17(24)13(9)8-20)4-6-16(23)22-15-5-3-11(18)7-14(15)19/h3,5,7H,4,6H2,1-2H3,(H,21,24)(H,22,23). The number of carbonyl (C=O) groups is 1. The van der Waals surface area contributed by atoms with Crippen molar-refractivity contribution in [3.05, 3.63) is 61.2 Å². The van der Waals surface area contributed by atoms with Gasteiger partial charge >= 0.3 is 0 Å². The molecule has 1 amide bonds. The smallest absolute Gasteiger partial charge is 0.266 e. The molecular weight excluding hydrogens is 377 g/mol. The van der Waals surface area contributed by atoms with Crippen molar-refractivity contribution in [1.29, 1.82) is 5.26 Å². The Kier molecular flexibility index (Phi) is 5.52. The van der Waals surface area contributed by atoms with Gasteiger partial charge in [0.1, 0.15) is 17.4 Å². The summed E-state index contributed by atoms with van der Waals surface area (Å²) in [6, 6.07) is 6.25. The molecule has 0 aliphatic carbocycles. The van der Waals surface area contributed by atoms with E-state index in [0.29, 0.717) is 22.2 Å². The van der Waals surface area contributed by atoms with Crippen molar-refractivity contribution in [3.8, 4) is 6.07 Å². The molecule has 0 bridgehead atoms. The predicted molar refractivity (Wildman–Crippen MR) is 92.3 cm³/mol. The average Bonchev–Trinajstić information content (AvgIpc) is 2.50. The lowest BCUT2D eigenvalue weighted by molar-refractivity contribution is -0.116. The third kappa shape index (κ3) is 3.89. The Morgan fingerprint density at radius 2 is 2.12 bits per heavy atom. The van der Waals surface area contributed by atoms with Gasteiger partial charge in [-0.3, -0.25) is 9.59 Å². The Hall–Kier alpha value is -2.46. The lowest BCUT2D eigenvalue weighted by Crippen LogP contribution is -2.18. The number of anilines is 1. The van der Waals surface area contributed by atoms with Crippen LogP contribution in [0.1, 0.15) is 28.8 Å². The maximum absolute atomic E-state index is 13.7. The van der Waals surface area contributed by atoms with E-state index in [1.165, 1.54) is 12.1 Å². The van der Waals surface area contributed by atoms with Crippen molar-refractivity contribution in [2.24, 2.45) is 0 Å². The van der Waals surface area contributed by atoms with Gasteiger partial charge in [-0.2, -0.15) is 5.26 Å². The van der Waals surface area contributed by atoms with E-state index >= 15 is 0 Å². The summed E-state index contributed by atoms with van der Waals surface area (Å²) < 4.78 is 14.3. The molecule has 5 nitrogen and oxygen atoms in total. The van der Waals surface area contributed by atoms with E-state index in [1.54, 1.807) is 19.9 Å². The quantitative estimate of drug-likeness (QED) is 0.837. The summed E-state index contributed by atoms with van der Waals surface area (Å²) >= 11 is 3.15. The topological polar surface area (TPSA) is 85.8 Å². The van der Waals surface area contributed by atoms with Gasteiger partial charge in [0.2, 0.25) is 5.91 Å². The van der Waals surface area contributed by atoms with Crippen LogP contribution >= 0.6 is 15.9 Å². The Bertz CT molecular complexity index is 900. The third-order valence-electron chi connectivity index (χ3n) is 3.73. The average molecular weight is 392 g/mol. The first-order valence-electron chi connectivity index (χ1n) is 7.20. The molecule has 0 aliphatic rings. The van der Waals surface area contributed by atoms with Crippen molar-refractivity contribution >= 4 is 27.5 Å². The van der Waals surface area contributed by atoms with Crippen LogP contribution < -0.4 is 10.9 Å². The van der Waals surface area contributed by atoms with Crippen LogP contribution in [0.15, 0.2) is 27.5 Å². The van der Waals surface area contributed by atoms with Crippen LogP contribution in [0.25, 0.3) is 0 Å². The van der Waals surface area contributed by atoms with Gasteiger partial charge in [-0.1, -0.05) is 15.9 Å². The van der Waals surface area contributed by atoms with Gasteiger partial charge in [0.25, 0.3) is 5.56 Å². The number of benzene rings is 1. The zero-order chi connectivity index (χ0) is 17.9.